The van der Waals surface area contributed by atoms with E-state index in [-0.39, 0.29) is 11.8 Å². The summed E-state index contributed by atoms with van der Waals surface area (Å²) < 4.78 is 7.17. The normalized spacial score (nSPS) is 11.2. The van der Waals surface area contributed by atoms with Crippen molar-refractivity contribution in [2.75, 3.05) is 0 Å². The van der Waals surface area contributed by atoms with Gasteiger partial charge in [-0.25, -0.2) is 0 Å². The van der Waals surface area contributed by atoms with Gasteiger partial charge in [-0.2, -0.15) is 0 Å². The van der Waals surface area contributed by atoms with Gasteiger partial charge in [0.25, 0.3) is 0 Å². The molecular formula is C10H11Cl2NO3Ru-2. The van der Waals surface area contributed by atoms with Crippen molar-refractivity contribution in [3.05, 3.63) is 33.9 Å². The summed E-state index contributed by atoms with van der Waals surface area (Å²) in [5.74, 6) is 0.561. The molecule has 0 heterocycles. The molecule has 4 nitrogen and oxygen atoms in total. The van der Waals surface area contributed by atoms with Crippen LogP contribution < -0.4 is 4.74 Å². The van der Waals surface area contributed by atoms with Crippen molar-refractivity contribution < 1.29 is 23.2 Å². The monoisotopic (exact) mass is 365 g/mol. The summed E-state index contributed by atoms with van der Waals surface area (Å²) in [7, 11) is 11.6. The first-order valence-electron chi connectivity index (χ1n) is 4.68. The Bertz CT molecular complexity index is 459. The standard InChI is InChI=1S/C10H11NO3.2ClH.Ru/c1-7(2)14-10-5-4-9(11(12)13)6-8(10)3;;;/h3-7H,1-2H3;2*1H;/p-2. The number of halogens is 2. The van der Waals surface area contributed by atoms with Gasteiger partial charge in [0.2, 0.25) is 0 Å². The predicted octanol–water partition coefficient (Wildman–Crippen LogP) is 3.46. The maximum absolute atomic E-state index is 10.7. The number of hydrogen-bond donors (Lipinski definition) is 0. The number of nitro groups is 1. The van der Waals surface area contributed by atoms with E-state index in [2.05, 4.69) is 0 Å². The molecule has 0 aromatic heterocycles. The van der Waals surface area contributed by atoms with Gasteiger partial charge >= 0.3 is 112 Å². The third-order valence-electron chi connectivity index (χ3n) is 1.75. The van der Waals surface area contributed by atoms with E-state index in [4.69, 9.17) is 24.1 Å². The first kappa shape index (κ1) is 14.6. The average molecular weight is 365 g/mol. The minimum absolute atomic E-state index is 0.00360. The first-order chi connectivity index (χ1) is 7.90. The summed E-state index contributed by atoms with van der Waals surface area (Å²) in [6.45, 7) is 3.75. The van der Waals surface area contributed by atoms with Gasteiger partial charge in [-0.1, -0.05) is 0 Å². The summed E-state index contributed by atoms with van der Waals surface area (Å²) >= 11 is -2.05. The molecule has 1 aromatic rings. The molecule has 0 radical (unpaired) electrons. The van der Waals surface area contributed by atoms with Gasteiger partial charge in [-0.05, 0) is 0 Å². The summed E-state index contributed by atoms with van der Waals surface area (Å²) in [5, 5.41) is 10.7. The van der Waals surface area contributed by atoms with Crippen LogP contribution in [-0.4, -0.2) is 15.6 Å². The fourth-order valence-electron chi connectivity index (χ4n) is 1.17. The van der Waals surface area contributed by atoms with Gasteiger partial charge in [0, 0.05) is 0 Å². The van der Waals surface area contributed by atoms with E-state index in [1.54, 1.807) is 10.7 Å². The van der Waals surface area contributed by atoms with Gasteiger partial charge in [0.05, 0.1) is 0 Å². The van der Waals surface area contributed by atoms with E-state index in [0.29, 0.717) is 11.3 Å². The molecule has 7 heteroatoms. The van der Waals surface area contributed by atoms with Gasteiger partial charge in [0.15, 0.2) is 0 Å². The molecule has 0 aliphatic carbocycles. The fraction of sp³-hybridized carbons (Fsp3) is 0.300. The second kappa shape index (κ2) is 6.43. The van der Waals surface area contributed by atoms with Crippen LogP contribution in [0.2, 0.25) is 0 Å². The number of ether oxygens (including phenoxy) is 1. The molecule has 0 atom stereocenters. The topological polar surface area (TPSA) is 52.4 Å². The van der Waals surface area contributed by atoms with Crippen molar-refractivity contribution in [1.29, 1.82) is 0 Å². The quantitative estimate of drug-likeness (QED) is 0.467. The molecule has 98 valence electrons. The Labute approximate surface area is 112 Å². The van der Waals surface area contributed by atoms with E-state index in [1.807, 2.05) is 13.8 Å². The zero-order valence-corrected chi connectivity index (χ0v) is 12.4. The minimum atomic E-state index is -2.05. The van der Waals surface area contributed by atoms with Crippen molar-refractivity contribution in [1.82, 2.24) is 0 Å². The van der Waals surface area contributed by atoms with Crippen LogP contribution in [0.5, 0.6) is 5.75 Å². The molecule has 17 heavy (non-hydrogen) atoms. The molecule has 0 aliphatic rings. The Hall–Kier alpha value is -0.507. The second-order valence-electron chi connectivity index (χ2n) is 3.45. The van der Waals surface area contributed by atoms with Crippen LogP contribution in [-0.2, 0) is 13.5 Å². The molecule has 1 rings (SSSR count). The van der Waals surface area contributed by atoms with Crippen LogP contribution in [0.3, 0.4) is 0 Å². The molecule has 0 fully saturated rings. The van der Waals surface area contributed by atoms with Gasteiger partial charge in [-0.3, -0.25) is 0 Å². The molecule has 0 saturated heterocycles. The summed E-state index contributed by atoms with van der Waals surface area (Å²) in [6, 6.07) is 4.38. The van der Waals surface area contributed by atoms with Gasteiger partial charge in [-0.15, -0.1) is 0 Å². The number of non-ortho nitro benzene ring substituents is 1. The van der Waals surface area contributed by atoms with Gasteiger partial charge in [0.1, 0.15) is 0 Å². The van der Waals surface area contributed by atoms with Crippen LogP contribution >= 0.6 is 19.4 Å². The molecule has 0 saturated carbocycles. The van der Waals surface area contributed by atoms with Crippen LogP contribution in [0.25, 0.3) is 0 Å². The maximum atomic E-state index is 10.7. The molecule has 0 unspecified atom stereocenters. The van der Waals surface area contributed by atoms with E-state index >= 15 is 0 Å². The fourth-order valence-corrected chi connectivity index (χ4v) is 2.96. The van der Waals surface area contributed by atoms with Crippen molar-refractivity contribution >= 4 is 29.7 Å². The van der Waals surface area contributed by atoms with Crippen LogP contribution in [0.4, 0.5) is 5.69 Å². The molecule has 0 bridgehead atoms. The predicted molar refractivity (Wildman–Crippen MR) is 65.7 cm³/mol. The van der Waals surface area contributed by atoms with E-state index in [9.17, 15) is 10.1 Å². The SMILES string of the molecule is CC(C)Oc1ccc([N+](=O)[O-])cc1[CH]=[Ru-2]([Cl])[Cl]. The van der Waals surface area contributed by atoms with E-state index in [1.165, 1.54) is 12.1 Å². The molecule has 1 aromatic carbocycles. The zero-order valence-electron chi connectivity index (χ0n) is 9.17. The molecule has 0 spiro atoms. The first-order valence-corrected chi connectivity index (χ1v) is 10.2. The Balaban J connectivity index is 3.21. The Morgan fingerprint density at radius 2 is 2.12 bits per heavy atom. The van der Waals surface area contributed by atoms with Crippen molar-refractivity contribution in [3.63, 3.8) is 0 Å². The number of rotatable bonds is 4. The van der Waals surface area contributed by atoms with Crippen LogP contribution in [0.1, 0.15) is 19.4 Å². The van der Waals surface area contributed by atoms with Crippen molar-refractivity contribution in [3.8, 4) is 5.75 Å². The number of hydrogen-bond acceptors (Lipinski definition) is 3. The Morgan fingerprint density at radius 1 is 1.47 bits per heavy atom. The van der Waals surface area contributed by atoms with E-state index in [0.717, 1.165) is 0 Å². The van der Waals surface area contributed by atoms with Crippen LogP contribution in [0.15, 0.2) is 18.2 Å². The zero-order chi connectivity index (χ0) is 13.0. The number of nitro benzene ring substituents is 1. The molecule has 0 aliphatic heterocycles. The van der Waals surface area contributed by atoms with Crippen molar-refractivity contribution in [2.24, 2.45) is 0 Å². The summed E-state index contributed by atoms with van der Waals surface area (Å²) in [5.41, 5.74) is 0.577. The van der Waals surface area contributed by atoms with Crippen molar-refractivity contribution in [2.45, 2.75) is 20.0 Å². The summed E-state index contributed by atoms with van der Waals surface area (Å²) in [6.07, 6.45) is -0.0186. The Morgan fingerprint density at radius 3 is 2.59 bits per heavy atom. The van der Waals surface area contributed by atoms with E-state index < -0.39 is 18.4 Å². The molecule has 0 N–H and O–H groups in total. The molecule has 0 amide bonds. The summed E-state index contributed by atoms with van der Waals surface area (Å²) in [4.78, 5) is 10.2. The molecular weight excluding hydrogens is 354 g/mol. The number of benzene rings is 1. The average Bonchev–Trinajstić information content (AvgIpc) is 2.18. The Kier molecular flexibility index (Phi) is 5.51. The third-order valence-corrected chi connectivity index (χ3v) is 3.59. The van der Waals surface area contributed by atoms with Crippen LogP contribution in [0, 0.1) is 10.1 Å². The second-order valence-corrected chi connectivity index (χ2v) is 9.18. The third kappa shape index (κ3) is 4.70. The van der Waals surface area contributed by atoms with Gasteiger partial charge < -0.3 is 0 Å². The number of nitrogens with zero attached hydrogens (tertiary/aromatic N) is 1.